The number of nitrogens with one attached hydrogen (secondary N) is 1. The molecule has 0 fully saturated rings. The summed E-state index contributed by atoms with van der Waals surface area (Å²) in [4.78, 5) is 2.18. The van der Waals surface area contributed by atoms with Crippen LogP contribution >= 0.6 is 12.2 Å². The van der Waals surface area contributed by atoms with Gasteiger partial charge >= 0.3 is 0 Å². The standard InChI is InChI=1S/C18H22N2S/c1-2-3-14-20(17-12-8-5-9-13-17)18(21)19-15-16-10-6-4-7-11-16/h4-13H,2-3,14-15H2,1H3,(H,19,21). The quantitative estimate of drug-likeness (QED) is 0.797. The molecule has 0 atom stereocenters. The Morgan fingerprint density at radius 2 is 1.62 bits per heavy atom. The molecule has 2 aromatic rings. The monoisotopic (exact) mass is 298 g/mol. The van der Waals surface area contributed by atoms with Crippen molar-refractivity contribution >= 4 is 23.0 Å². The summed E-state index contributed by atoms with van der Waals surface area (Å²) in [5.74, 6) is 0. The smallest absolute Gasteiger partial charge is 0.173 e. The first-order valence-corrected chi connectivity index (χ1v) is 7.86. The van der Waals surface area contributed by atoms with Crippen LogP contribution in [0.1, 0.15) is 25.3 Å². The van der Waals surface area contributed by atoms with Crippen LogP contribution in [0.3, 0.4) is 0 Å². The summed E-state index contributed by atoms with van der Waals surface area (Å²) >= 11 is 5.58. The molecule has 0 aliphatic heterocycles. The van der Waals surface area contributed by atoms with E-state index in [1.807, 2.05) is 36.4 Å². The molecule has 0 amide bonds. The van der Waals surface area contributed by atoms with Crippen LogP contribution < -0.4 is 10.2 Å². The minimum atomic E-state index is 0.759. The van der Waals surface area contributed by atoms with Crippen LogP contribution in [0.5, 0.6) is 0 Å². The van der Waals surface area contributed by atoms with Crippen LogP contribution in [0, 0.1) is 0 Å². The van der Waals surface area contributed by atoms with Crippen LogP contribution in [0.25, 0.3) is 0 Å². The first-order chi connectivity index (χ1) is 10.3. The fourth-order valence-electron chi connectivity index (χ4n) is 2.14. The predicted octanol–water partition coefficient (Wildman–Crippen LogP) is 4.37. The number of hydrogen-bond donors (Lipinski definition) is 1. The summed E-state index contributed by atoms with van der Waals surface area (Å²) in [7, 11) is 0. The zero-order valence-corrected chi connectivity index (χ0v) is 13.3. The van der Waals surface area contributed by atoms with Gasteiger partial charge in [-0.15, -0.1) is 0 Å². The highest BCUT2D eigenvalue weighted by molar-refractivity contribution is 7.80. The van der Waals surface area contributed by atoms with Gasteiger partial charge in [0.05, 0.1) is 0 Å². The van der Waals surface area contributed by atoms with E-state index in [9.17, 15) is 0 Å². The maximum Gasteiger partial charge on any atom is 0.173 e. The number of para-hydroxylation sites is 1. The molecular weight excluding hydrogens is 276 g/mol. The average Bonchev–Trinajstić information content (AvgIpc) is 2.55. The number of rotatable bonds is 6. The zero-order chi connectivity index (χ0) is 14.9. The molecule has 21 heavy (non-hydrogen) atoms. The van der Waals surface area contributed by atoms with E-state index >= 15 is 0 Å². The normalized spacial score (nSPS) is 10.1. The Hall–Kier alpha value is -1.87. The zero-order valence-electron chi connectivity index (χ0n) is 12.5. The minimum Gasteiger partial charge on any atom is -0.358 e. The molecule has 3 heteroatoms. The van der Waals surface area contributed by atoms with E-state index in [4.69, 9.17) is 12.2 Å². The molecule has 0 saturated heterocycles. The van der Waals surface area contributed by atoms with Gasteiger partial charge in [0.15, 0.2) is 5.11 Å². The SMILES string of the molecule is CCCCN(C(=S)NCc1ccccc1)c1ccccc1. The van der Waals surface area contributed by atoms with Gasteiger partial charge in [-0.1, -0.05) is 61.9 Å². The van der Waals surface area contributed by atoms with E-state index in [1.165, 1.54) is 5.56 Å². The molecule has 2 rings (SSSR count). The Morgan fingerprint density at radius 1 is 1.00 bits per heavy atom. The van der Waals surface area contributed by atoms with Gasteiger partial charge in [-0.3, -0.25) is 0 Å². The molecular formula is C18H22N2S. The lowest BCUT2D eigenvalue weighted by Gasteiger charge is -2.26. The second-order valence-corrected chi connectivity index (χ2v) is 5.37. The van der Waals surface area contributed by atoms with Gasteiger partial charge in [0.2, 0.25) is 0 Å². The predicted molar refractivity (Wildman–Crippen MR) is 94.6 cm³/mol. The maximum atomic E-state index is 5.58. The van der Waals surface area contributed by atoms with Crippen molar-refractivity contribution in [2.75, 3.05) is 11.4 Å². The molecule has 2 nitrogen and oxygen atoms in total. The lowest BCUT2D eigenvalue weighted by molar-refractivity contribution is 0.781. The van der Waals surface area contributed by atoms with E-state index in [1.54, 1.807) is 0 Å². The van der Waals surface area contributed by atoms with Crippen molar-refractivity contribution in [2.45, 2.75) is 26.3 Å². The Bertz CT molecular complexity index is 540. The van der Waals surface area contributed by atoms with Crippen molar-refractivity contribution in [3.63, 3.8) is 0 Å². The third kappa shape index (κ3) is 4.87. The Kier molecular flexibility index (Phi) is 6.22. The molecule has 0 radical (unpaired) electrons. The molecule has 0 saturated carbocycles. The van der Waals surface area contributed by atoms with Gasteiger partial charge in [-0.25, -0.2) is 0 Å². The van der Waals surface area contributed by atoms with Gasteiger partial charge in [-0.05, 0) is 36.3 Å². The van der Waals surface area contributed by atoms with E-state index < -0.39 is 0 Å². The molecule has 1 N–H and O–H groups in total. The molecule has 110 valence electrons. The lowest BCUT2D eigenvalue weighted by atomic mass is 10.2. The number of unbranched alkanes of at least 4 members (excludes halogenated alkanes) is 1. The van der Waals surface area contributed by atoms with E-state index in [-0.39, 0.29) is 0 Å². The van der Waals surface area contributed by atoms with Gasteiger partial charge in [0.25, 0.3) is 0 Å². The van der Waals surface area contributed by atoms with Crippen LogP contribution in [0.15, 0.2) is 60.7 Å². The maximum absolute atomic E-state index is 5.58. The summed E-state index contributed by atoms with van der Waals surface area (Å²) in [5, 5.41) is 4.15. The second kappa shape index (κ2) is 8.42. The Morgan fingerprint density at radius 3 is 2.24 bits per heavy atom. The minimum absolute atomic E-state index is 0.759. The van der Waals surface area contributed by atoms with Crippen molar-refractivity contribution in [1.82, 2.24) is 5.32 Å². The van der Waals surface area contributed by atoms with Crippen molar-refractivity contribution in [1.29, 1.82) is 0 Å². The highest BCUT2D eigenvalue weighted by atomic mass is 32.1. The van der Waals surface area contributed by atoms with Gasteiger partial charge in [0.1, 0.15) is 0 Å². The van der Waals surface area contributed by atoms with Crippen molar-refractivity contribution in [2.24, 2.45) is 0 Å². The van der Waals surface area contributed by atoms with Crippen molar-refractivity contribution in [3.8, 4) is 0 Å². The summed E-state index contributed by atoms with van der Waals surface area (Å²) < 4.78 is 0. The largest absolute Gasteiger partial charge is 0.358 e. The number of hydrogen-bond acceptors (Lipinski definition) is 1. The van der Waals surface area contributed by atoms with Crippen LogP contribution in [0.2, 0.25) is 0 Å². The van der Waals surface area contributed by atoms with E-state index in [0.717, 1.165) is 36.7 Å². The number of thiocarbonyl (C=S) groups is 1. The molecule has 0 aliphatic rings. The molecule has 0 spiro atoms. The summed E-state index contributed by atoms with van der Waals surface area (Å²) in [6, 6.07) is 20.7. The fourth-order valence-corrected chi connectivity index (χ4v) is 2.41. The first-order valence-electron chi connectivity index (χ1n) is 7.45. The van der Waals surface area contributed by atoms with Gasteiger partial charge in [-0.2, -0.15) is 0 Å². The number of anilines is 1. The third-order valence-electron chi connectivity index (χ3n) is 3.33. The summed E-state index contributed by atoms with van der Waals surface area (Å²) in [6.45, 7) is 3.90. The van der Waals surface area contributed by atoms with E-state index in [0.29, 0.717) is 0 Å². The number of benzene rings is 2. The van der Waals surface area contributed by atoms with Crippen LogP contribution in [0.4, 0.5) is 5.69 Å². The first kappa shape index (κ1) is 15.5. The molecule has 0 bridgehead atoms. The average molecular weight is 298 g/mol. The Labute approximate surface area is 132 Å². The third-order valence-corrected chi connectivity index (χ3v) is 3.70. The van der Waals surface area contributed by atoms with Gasteiger partial charge in [0, 0.05) is 18.8 Å². The molecule has 0 aliphatic carbocycles. The van der Waals surface area contributed by atoms with Crippen molar-refractivity contribution < 1.29 is 0 Å². The van der Waals surface area contributed by atoms with E-state index in [2.05, 4.69) is 41.4 Å². The lowest BCUT2D eigenvalue weighted by Crippen LogP contribution is -2.40. The summed E-state index contributed by atoms with van der Waals surface area (Å²) in [5.41, 5.74) is 2.39. The molecule has 0 heterocycles. The van der Waals surface area contributed by atoms with Crippen LogP contribution in [-0.2, 0) is 6.54 Å². The Balaban J connectivity index is 2.01. The molecule has 0 unspecified atom stereocenters. The topological polar surface area (TPSA) is 15.3 Å². The molecule has 2 aromatic carbocycles. The van der Waals surface area contributed by atoms with Crippen molar-refractivity contribution in [3.05, 3.63) is 66.2 Å². The summed E-state index contributed by atoms with van der Waals surface area (Å²) in [6.07, 6.45) is 2.28. The molecule has 0 aromatic heterocycles. The second-order valence-electron chi connectivity index (χ2n) is 4.99. The van der Waals surface area contributed by atoms with Crippen LogP contribution in [-0.4, -0.2) is 11.7 Å². The van der Waals surface area contributed by atoms with Gasteiger partial charge < -0.3 is 10.2 Å². The highest BCUT2D eigenvalue weighted by Gasteiger charge is 2.10. The number of nitrogens with zero attached hydrogens (tertiary/aromatic N) is 1. The fraction of sp³-hybridized carbons (Fsp3) is 0.278. The highest BCUT2D eigenvalue weighted by Crippen LogP contribution is 2.14.